The second-order valence-electron chi connectivity index (χ2n) is 4.81. The molecule has 3 nitrogen and oxygen atoms in total. The average molecular weight is 233 g/mol. The number of hydrogen-bond acceptors (Lipinski definition) is 1. The van der Waals surface area contributed by atoms with Gasteiger partial charge in [-0.2, -0.15) is 0 Å². The molecular formula is C14H23N3. The average Bonchev–Trinajstić information content (AvgIpc) is 2.34. The van der Waals surface area contributed by atoms with Crippen LogP contribution in [0.3, 0.4) is 0 Å². The van der Waals surface area contributed by atoms with Crippen LogP contribution in [0, 0.1) is 5.92 Å². The van der Waals surface area contributed by atoms with Crippen molar-refractivity contribution in [3.05, 3.63) is 35.9 Å². The van der Waals surface area contributed by atoms with Crippen LogP contribution in [0.25, 0.3) is 0 Å². The number of rotatable bonds is 5. The molecule has 0 spiro atoms. The van der Waals surface area contributed by atoms with Gasteiger partial charge in [0.05, 0.1) is 0 Å². The number of nitrogens with two attached hydrogens (primary N) is 1. The predicted molar refractivity (Wildman–Crippen MR) is 74.2 cm³/mol. The van der Waals surface area contributed by atoms with Crippen molar-refractivity contribution in [2.45, 2.75) is 26.7 Å². The summed E-state index contributed by atoms with van der Waals surface area (Å²) in [4.78, 5) is 4.27. The lowest BCUT2D eigenvalue weighted by molar-refractivity contribution is 0.656. The molecule has 1 unspecified atom stereocenters. The summed E-state index contributed by atoms with van der Waals surface area (Å²) in [6.45, 7) is 8.03. The minimum atomic E-state index is 0.434. The Morgan fingerprint density at radius 3 is 2.47 bits per heavy atom. The van der Waals surface area contributed by atoms with Gasteiger partial charge in [-0.1, -0.05) is 51.1 Å². The van der Waals surface area contributed by atoms with Gasteiger partial charge in [-0.15, -0.1) is 0 Å². The molecule has 1 aromatic carbocycles. The molecule has 0 radical (unpaired) electrons. The lowest BCUT2D eigenvalue weighted by Gasteiger charge is -2.13. The molecule has 0 aliphatic carbocycles. The number of nitrogens with one attached hydrogen (secondary N) is 1. The zero-order chi connectivity index (χ0) is 12.7. The number of guanidine groups is 1. The van der Waals surface area contributed by atoms with Gasteiger partial charge in [0, 0.05) is 13.1 Å². The van der Waals surface area contributed by atoms with Crippen LogP contribution < -0.4 is 11.1 Å². The largest absolute Gasteiger partial charge is 0.370 e. The van der Waals surface area contributed by atoms with Crippen LogP contribution in [0.5, 0.6) is 0 Å². The van der Waals surface area contributed by atoms with E-state index in [1.807, 2.05) is 6.07 Å². The lowest BCUT2D eigenvalue weighted by atomic mass is 10.0. The molecule has 1 aromatic rings. The molecule has 0 saturated carbocycles. The van der Waals surface area contributed by atoms with Crippen molar-refractivity contribution < 1.29 is 0 Å². The molecule has 17 heavy (non-hydrogen) atoms. The number of aliphatic imine (C=N–C) groups is 1. The first-order valence-electron chi connectivity index (χ1n) is 6.18. The Morgan fingerprint density at radius 1 is 1.24 bits per heavy atom. The van der Waals surface area contributed by atoms with Crippen molar-refractivity contribution in [3.8, 4) is 0 Å². The summed E-state index contributed by atoms with van der Waals surface area (Å²) in [7, 11) is 0. The molecule has 0 saturated heterocycles. The molecule has 1 atom stereocenters. The van der Waals surface area contributed by atoms with E-state index in [4.69, 9.17) is 5.73 Å². The van der Waals surface area contributed by atoms with Crippen molar-refractivity contribution in [2.75, 3.05) is 13.1 Å². The monoisotopic (exact) mass is 233 g/mol. The molecule has 0 aliphatic heterocycles. The van der Waals surface area contributed by atoms with E-state index in [9.17, 15) is 0 Å². The Balaban J connectivity index is 2.38. The third-order valence-corrected chi connectivity index (χ3v) is 2.58. The van der Waals surface area contributed by atoms with Gasteiger partial charge in [0.2, 0.25) is 0 Å². The lowest BCUT2D eigenvalue weighted by Crippen LogP contribution is -2.34. The van der Waals surface area contributed by atoms with Crippen molar-refractivity contribution in [1.29, 1.82) is 0 Å². The standard InChI is InChI=1S/C14H23N3/c1-11(2)9-16-14(15)17-10-12(3)13-7-5-4-6-8-13/h4-8,11-12H,9-10H2,1-3H3,(H3,15,16,17). The van der Waals surface area contributed by atoms with Gasteiger partial charge < -0.3 is 11.1 Å². The van der Waals surface area contributed by atoms with E-state index in [0.717, 1.165) is 13.1 Å². The normalized spacial score (nSPS) is 13.8. The first-order valence-corrected chi connectivity index (χ1v) is 6.18. The summed E-state index contributed by atoms with van der Waals surface area (Å²) in [5, 5.41) is 3.16. The molecule has 3 N–H and O–H groups in total. The number of nitrogens with zero attached hydrogens (tertiary/aromatic N) is 1. The van der Waals surface area contributed by atoms with E-state index in [-0.39, 0.29) is 0 Å². The molecule has 1 rings (SSSR count). The first-order chi connectivity index (χ1) is 8.09. The third kappa shape index (κ3) is 5.38. The zero-order valence-electron chi connectivity index (χ0n) is 11.0. The SMILES string of the molecule is CC(C)CN=C(N)NCC(C)c1ccccc1. The first kappa shape index (κ1) is 13.6. The van der Waals surface area contributed by atoms with E-state index in [2.05, 4.69) is 55.3 Å². The topological polar surface area (TPSA) is 50.4 Å². The summed E-state index contributed by atoms with van der Waals surface area (Å²) in [6, 6.07) is 10.4. The van der Waals surface area contributed by atoms with Gasteiger partial charge in [-0.3, -0.25) is 4.99 Å². The highest BCUT2D eigenvalue weighted by molar-refractivity contribution is 5.77. The van der Waals surface area contributed by atoms with E-state index in [1.54, 1.807) is 0 Å². The smallest absolute Gasteiger partial charge is 0.188 e. The second-order valence-corrected chi connectivity index (χ2v) is 4.81. The van der Waals surface area contributed by atoms with Gasteiger partial charge in [0.1, 0.15) is 0 Å². The Morgan fingerprint density at radius 2 is 1.88 bits per heavy atom. The quantitative estimate of drug-likeness (QED) is 0.606. The minimum absolute atomic E-state index is 0.434. The van der Waals surface area contributed by atoms with E-state index in [1.165, 1.54) is 5.56 Å². The summed E-state index contributed by atoms with van der Waals surface area (Å²) in [5.41, 5.74) is 7.10. The van der Waals surface area contributed by atoms with Gasteiger partial charge in [0.15, 0.2) is 5.96 Å². The number of hydrogen-bond donors (Lipinski definition) is 2. The van der Waals surface area contributed by atoms with E-state index >= 15 is 0 Å². The fourth-order valence-corrected chi connectivity index (χ4v) is 1.49. The zero-order valence-corrected chi connectivity index (χ0v) is 11.0. The Kier molecular flexibility index (Phi) is 5.53. The van der Waals surface area contributed by atoms with Crippen LogP contribution in [0.15, 0.2) is 35.3 Å². The fraction of sp³-hybridized carbons (Fsp3) is 0.500. The van der Waals surface area contributed by atoms with Crippen molar-refractivity contribution in [2.24, 2.45) is 16.6 Å². The molecule has 0 fully saturated rings. The summed E-state index contributed by atoms with van der Waals surface area (Å²) < 4.78 is 0. The Bertz CT molecular complexity index is 344. The van der Waals surface area contributed by atoms with Gasteiger partial charge in [-0.05, 0) is 17.4 Å². The summed E-state index contributed by atoms with van der Waals surface area (Å²) in [6.07, 6.45) is 0. The van der Waals surface area contributed by atoms with Crippen LogP contribution >= 0.6 is 0 Å². The Hall–Kier alpha value is -1.51. The van der Waals surface area contributed by atoms with Crippen LogP contribution in [0.1, 0.15) is 32.3 Å². The Labute approximate surface area is 104 Å². The van der Waals surface area contributed by atoms with Crippen molar-refractivity contribution in [1.82, 2.24) is 5.32 Å². The summed E-state index contributed by atoms with van der Waals surface area (Å²) >= 11 is 0. The maximum Gasteiger partial charge on any atom is 0.188 e. The van der Waals surface area contributed by atoms with Gasteiger partial charge in [0.25, 0.3) is 0 Å². The van der Waals surface area contributed by atoms with Crippen molar-refractivity contribution >= 4 is 5.96 Å². The van der Waals surface area contributed by atoms with E-state index in [0.29, 0.717) is 17.8 Å². The van der Waals surface area contributed by atoms with E-state index < -0.39 is 0 Å². The molecule has 0 heterocycles. The fourth-order valence-electron chi connectivity index (χ4n) is 1.49. The van der Waals surface area contributed by atoms with Gasteiger partial charge >= 0.3 is 0 Å². The molecule has 94 valence electrons. The highest BCUT2D eigenvalue weighted by Crippen LogP contribution is 2.12. The molecule has 0 amide bonds. The highest BCUT2D eigenvalue weighted by atomic mass is 15.1. The third-order valence-electron chi connectivity index (χ3n) is 2.58. The van der Waals surface area contributed by atoms with Crippen LogP contribution in [0.2, 0.25) is 0 Å². The minimum Gasteiger partial charge on any atom is -0.370 e. The molecule has 3 heteroatoms. The maximum absolute atomic E-state index is 5.79. The molecular weight excluding hydrogens is 210 g/mol. The number of benzene rings is 1. The van der Waals surface area contributed by atoms with Crippen LogP contribution in [-0.2, 0) is 0 Å². The predicted octanol–water partition coefficient (Wildman–Crippen LogP) is 2.35. The van der Waals surface area contributed by atoms with Crippen LogP contribution in [-0.4, -0.2) is 19.0 Å². The molecule has 0 aromatic heterocycles. The second kappa shape index (κ2) is 6.94. The summed E-state index contributed by atoms with van der Waals surface area (Å²) in [5.74, 6) is 1.52. The highest BCUT2D eigenvalue weighted by Gasteiger charge is 2.04. The maximum atomic E-state index is 5.79. The molecule has 0 bridgehead atoms. The van der Waals surface area contributed by atoms with Crippen molar-refractivity contribution in [3.63, 3.8) is 0 Å². The van der Waals surface area contributed by atoms with Crippen LogP contribution in [0.4, 0.5) is 0 Å². The van der Waals surface area contributed by atoms with Gasteiger partial charge in [-0.25, -0.2) is 0 Å². The molecule has 0 aliphatic rings.